The Balaban J connectivity index is 1.71. The van der Waals surface area contributed by atoms with Crippen molar-refractivity contribution in [1.29, 1.82) is 5.41 Å². The van der Waals surface area contributed by atoms with E-state index >= 15 is 0 Å². The second kappa shape index (κ2) is 5.94. The van der Waals surface area contributed by atoms with Crippen molar-refractivity contribution in [1.82, 2.24) is 0 Å². The molecule has 0 fully saturated rings. The predicted molar refractivity (Wildman–Crippen MR) is 98.1 cm³/mol. The first-order chi connectivity index (χ1) is 12.1. The Kier molecular flexibility index (Phi) is 3.61. The lowest BCUT2D eigenvalue weighted by atomic mass is 10.0. The summed E-state index contributed by atoms with van der Waals surface area (Å²) in [5.74, 6) is 0.711. The van der Waals surface area contributed by atoms with Crippen molar-refractivity contribution < 1.29 is 9.53 Å². The van der Waals surface area contributed by atoms with Crippen LogP contribution in [0.3, 0.4) is 0 Å². The van der Waals surface area contributed by atoms with Gasteiger partial charge in [0.1, 0.15) is 11.6 Å². The molecule has 0 saturated heterocycles. The first-order valence-electron chi connectivity index (χ1n) is 8.01. The van der Waals surface area contributed by atoms with E-state index in [0.717, 1.165) is 27.8 Å². The average Bonchev–Trinajstić information content (AvgIpc) is 2.63. The van der Waals surface area contributed by atoms with Gasteiger partial charge in [-0.05, 0) is 40.6 Å². The van der Waals surface area contributed by atoms with Crippen LogP contribution in [-0.2, 0) is 11.3 Å². The Labute approximate surface area is 145 Å². The van der Waals surface area contributed by atoms with Crippen molar-refractivity contribution in [2.75, 3.05) is 11.5 Å². The second-order valence-corrected chi connectivity index (χ2v) is 6.05. The lowest BCUT2D eigenvalue weighted by Gasteiger charge is -2.29. The second-order valence-electron chi connectivity index (χ2n) is 6.05. The monoisotopic (exact) mass is 331 g/mol. The van der Waals surface area contributed by atoms with Crippen LogP contribution in [0.1, 0.15) is 11.1 Å². The van der Waals surface area contributed by atoms with E-state index in [1.54, 1.807) is 4.90 Å². The lowest BCUT2D eigenvalue weighted by molar-refractivity contribution is -0.121. The molecule has 25 heavy (non-hydrogen) atoms. The fourth-order valence-electron chi connectivity index (χ4n) is 3.07. The highest BCUT2D eigenvalue weighted by atomic mass is 16.5. The number of fused-ring (bicyclic) bond motifs is 2. The number of nitrogens with zero attached hydrogens (tertiary/aromatic N) is 1. The van der Waals surface area contributed by atoms with E-state index in [0.29, 0.717) is 12.1 Å². The number of amidine groups is 1. The van der Waals surface area contributed by atoms with Crippen molar-refractivity contribution >= 4 is 28.2 Å². The molecule has 0 bridgehead atoms. The number of ether oxygens (including phenoxy) is 1. The number of benzene rings is 3. The maximum absolute atomic E-state index is 12.3. The summed E-state index contributed by atoms with van der Waals surface area (Å²) in [5.41, 5.74) is 8.07. The Morgan fingerprint density at radius 2 is 1.88 bits per heavy atom. The molecule has 5 heteroatoms. The number of nitrogen functional groups attached to an aromatic ring is 1. The van der Waals surface area contributed by atoms with Crippen LogP contribution >= 0.6 is 0 Å². The number of nitrogens with one attached hydrogen (secondary N) is 1. The van der Waals surface area contributed by atoms with Gasteiger partial charge in [-0.1, -0.05) is 36.4 Å². The first-order valence-corrected chi connectivity index (χ1v) is 8.01. The van der Waals surface area contributed by atoms with Crippen molar-refractivity contribution in [2.45, 2.75) is 6.54 Å². The molecule has 3 aromatic rings. The summed E-state index contributed by atoms with van der Waals surface area (Å²) in [6.45, 7) is 0.526. The van der Waals surface area contributed by atoms with Gasteiger partial charge in [-0.25, -0.2) is 0 Å². The third-order valence-corrected chi connectivity index (χ3v) is 4.36. The van der Waals surface area contributed by atoms with Gasteiger partial charge < -0.3 is 15.4 Å². The number of amides is 1. The summed E-state index contributed by atoms with van der Waals surface area (Å²) < 4.78 is 5.49. The third kappa shape index (κ3) is 2.80. The van der Waals surface area contributed by atoms with Crippen LogP contribution in [0.2, 0.25) is 0 Å². The normalized spacial score (nSPS) is 13.4. The molecule has 0 unspecified atom stereocenters. The molecule has 0 radical (unpaired) electrons. The van der Waals surface area contributed by atoms with Gasteiger partial charge >= 0.3 is 0 Å². The van der Waals surface area contributed by atoms with Crippen LogP contribution in [0.5, 0.6) is 5.75 Å². The lowest BCUT2D eigenvalue weighted by Crippen LogP contribution is -2.38. The highest BCUT2D eigenvalue weighted by Gasteiger charge is 2.25. The van der Waals surface area contributed by atoms with Gasteiger partial charge in [0.15, 0.2) is 6.61 Å². The highest BCUT2D eigenvalue weighted by Crippen LogP contribution is 2.32. The van der Waals surface area contributed by atoms with Gasteiger partial charge in [0, 0.05) is 5.56 Å². The fourth-order valence-corrected chi connectivity index (χ4v) is 3.07. The predicted octanol–water partition coefficient (Wildman–Crippen LogP) is 3.05. The van der Waals surface area contributed by atoms with Crippen LogP contribution < -0.4 is 15.4 Å². The number of hydrogen-bond acceptors (Lipinski definition) is 3. The number of nitrogens with two attached hydrogens (primary N) is 1. The summed E-state index contributed by atoms with van der Waals surface area (Å²) in [6.07, 6.45) is 0. The maximum atomic E-state index is 12.3. The van der Waals surface area contributed by atoms with Gasteiger partial charge in [-0.2, -0.15) is 0 Å². The van der Waals surface area contributed by atoms with Crippen molar-refractivity contribution in [3.05, 3.63) is 71.8 Å². The average molecular weight is 331 g/mol. The number of carbonyl (C=O) groups is 1. The van der Waals surface area contributed by atoms with Gasteiger partial charge in [-0.15, -0.1) is 0 Å². The Morgan fingerprint density at radius 3 is 2.72 bits per heavy atom. The van der Waals surface area contributed by atoms with E-state index in [4.69, 9.17) is 15.9 Å². The first kappa shape index (κ1) is 15.2. The molecular formula is C20H17N3O2. The molecular weight excluding hydrogens is 314 g/mol. The molecule has 0 aromatic heterocycles. The standard InChI is InChI=1S/C20H17N3O2/c21-20(22)15-8-7-14-6-5-13(9-16(14)10-15)11-23-17-3-1-2-4-18(17)25-12-19(23)24/h1-10H,11-12H2,(H3,21,22). The minimum Gasteiger partial charge on any atom is -0.482 e. The number of para-hydroxylation sites is 2. The minimum atomic E-state index is -0.0590. The fraction of sp³-hybridized carbons (Fsp3) is 0.100. The van der Waals surface area contributed by atoms with E-state index in [-0.39, 0.29) is 18.3 Å². The third-order valence-electron chi connectivity index (χ3n) is 4.36. The molecule has 1 aliphatic rings. The summed E-state index contributed by atoms with van der Waals surface area (Å²) >= 11 is 0. The zero-order valence-corrected chi connectivity index (χ0v) is 13.5. The molecule has 1 heterocycles. The Hall–Kier alpha value is -3.34. The van der Waals surface area contributed by atoms with E-state index < -0.39 is 0 Å². The van der Waals surface area contributed by atoms with E-state index in [9.17, 15) is 4.79 Å². The molecule has 3 N–H and O–H groups in total. The molecule has 0 spiro atoms. The molecule has 1 amide bonds. The van der Waals surface area contributed by atoms with Crippen molar-refractivity contribution in [3.63, 3.8) is 0 Å². The van der Waals surface area contributed by atoms with Crippen LogP contribution in [-0.4, -0.2) is 18.3 Å². The summed E-state index contributed by atoms with van der Waals surface area (Å²) in [7, 11) is 0. The molecule has 1 aliphatic heterocycles. The van der Waals surface area contributed by atoms with Gasteiger partial charge in [0.2, 0.25) is 0 Å². The maximum Gasteiger partial charge on any atom is 0.265 e. The molecule has 0 atom stereocenters. The molecule has 124 valence electrons. The minimum absolute atomic E-state index is 0.0459. The van der Waals surface area contributed by atoms with E-state index in [1.807, 2.05) is 60.7 Å². The van der Waals surface area contributed by atoms with Crippen LogP contribution in [0.4, 0.5) is 5.69 Å². The molecule has 0 saturated carbocycles. The van der Waals surface area contributed by atoms with Crippen molar-refractivity contribution in [3.8, 4) is 5.75 Å². The smallest absolute Gasteiger partial charge is 0.265 e. The van der Waals surface area contributed by atoms with Gasteiger partial charge in [0.05, 0.1) is 12.2 Å². The molecule has 3 aromatic carbocycles. The summed E-state index contributed by atoms with van der Waals surface area (Å²) in [6, 6.07) is 19.3. The van der Waals surface area contributed by atoms with Crippen LogP contribution in [0.25, 0.3) is 10.8 Å². The summed E-state index contributed by atoms with van der Waals surface area (Å²) in [4.78, 5) is 14.1. The van der Waals surface area contributed by atoms with Gasteiger partial charge in [-0.3, -0.25) is 10.2 Å². The quantitative estimate of drug-likeness (QED) is 0.572. The van der Waals surface area contributed by atoms with Crippen LogP contribution in [0, 0.1) is 5.41 Å². The Morgan fingerprint density at radius 1 is 1.08 bits per heavy atom. The Bertz CT molecular complexity index is 997. The molecule has 5 nitrogen and oxygen atoms in total. The van der Waals surface area contributed by atoms with E-state index in [2.05, 4.69) is 0 Å². The molecule has 0 aliphatic carbocycles. The number of carbonyl (C=O) groups excluding carboxylic acids is 1. The largest absolute Gasteiger partial charge is 0.482 e. The van der Waals surface area contributed by atoms with Crippen molar-refractivity contribution in [2.24, 2.45) is 5.73 Å². The number of rotatable bonds is 3. The van der Waals surface area contributed by atoms with E-state index in [1.165, 1.54) is 0 Å². The van der Waals surface area contributed by atoms with Gasteiger partial charge in [0.25, 0.3) is 5.91 Å². The highest BCUT2D eigenvalue weighted by molar-refractivity contribution is 6.00. The number of anilines is 1. The zero-order valence-electron chi connectivity index (χ0n) is 13.5. The summed E-state index contributed by atoms with van der Waals surface area (Å²) in [5, 5.41) is 9.66. The topological polar surface area (TPSA) is 79.4 Å². The zero-order chi connectivity index (χ0) is 17.4. The SMILES string of the molecule is N=C(N)c1ccc2ccc(CN3C(=O)COc4ccccc43)cc2c1. The molecule has 4 rings (SSSR count). The van der Waals surface area contributed by atoms with Crippen LogP contribution in [0.15, 0.2) is 60.7 Å². The number of hydrogen-bond donors (Lipinski definition) is 2.